The normalized spacial score (nSPS) is 12.4. The van der Waals surface area contributed by atoms with E-state index < -0.39 is 11.9 Å². The largest absolute Gasteiger partial charge is 0.495 e. The van der Waals surface area contributed by atoms with Crippen molar-refractivity contribution in [3.63, 3.8) is 0 Å². The summed E-state index contributed by atoms with van der Waals surface area (Å²) in [6, 6.07) is 3.23. The number of thiophene rings is 1. The molecule has 0 aliphatic heterocycles. The van der Waals surface area contributed by atoms with E-state index in [0.717, 1.165) is 0 Å². The van der Waals surface area contributed by atoms with Crippen LogP contribution in [0.3, 0.4) is 0 Å². The van der Waals surface area contributed by atoms with Crippen LogP contribution in [0.5, 0.6) is 5.75 Å². The standard InChI is InChI=1S/C14H12Cl2O4S/c1-6(14(18)19)3-9(17)11-4-7-8(15)5-10(20-2)12(16)13(7)21-11/h4-6H,3H2,1-2H3,(H,18,19)/t6-/m0/s1. The minimum absolute atomic E-state index is 0.0610. The van der Waals surface area contributed by atoms with E-state index >= 15 is 0 Å². The van der Waals surface area contributed by atoms with Crippen LogP contribution in [0.25, 0.3) is 10.1 Å². The Morgan fingerprint density at radius 2 is 2.05 bits per heavy atom. The zero-order chi connectivity index (χ0) is 15.7. The van der Waals surface area contributed by atoms with Gasteiger partial charge in [-0.2, -0.15) is 0 Å². The highest BCUT2D eigenvalue weighted by Gasteiger charge is 2.21. The SMILES string of the molecule is COc1cc(Cl)c2cc(C(=O)C[C@H](C)C(=O)O)sc2c1Cl. The summed E-state index contributed by atoms with van der Waals surface area (Å²) in [6.45, 7) is 1.50. The van der Waals surface area contributed by atoms with Gasteiger partial charge in [0.1, 0.15) is 10.8 Å². The number of carbonyl (C=O) groups is 2. The first-order valence-corrected chi connectivity index (χ1v) is 7.64. The van der Waals surface area contributed by atoms with Crippen molar-refractivity contribution >= 4 is 56.4 Å². The number of fused-ring (bicyclic) bond motifs is 1. The van der Waals surface area contributed by atoms with Gasteiger partial charge in [0.2, 0.25) is 0 Å². The van der Waals surface area contributed by atoms with Gasteiger partial charge in [0.15, 0.2) is 5.78 Å². The number of hydrogen-bond acceptors (Lipinski definition) is 4. The summed E-state index contributed by atoms with van der Waals surface area (Å²) < 4.78 is 5.79. The average molecular weight is 347 g/mol. The Balaban J connectivity index is 2.43. The molecule has 0 radical (unpaired) electrons. The Morgan fingerprint density at radius 3 is 2.62 bits per heavy atom. The average Bonchev–Trinajstić information content (AvgIpc) is 2.88. The van der Waals surface area contributed by atoms with Crippen LogP contribution in [-0.4, -0.2) is 24.0 Å². The minimum Gasteiger partial charge on any atom is -0.495 e. The van der Waals surface area contributed by atoms with Gasteiger partial charge in [0.25, 0.3) is 0 Å². The highest BCUT2D eigenvalue weighted by atomic mass is 35.5. The molecule has 4 nitrogen and oxygen atoms in total. The number of carboxylic acid groups (broad SMARTS) is 1. The second kappa shape index (κ2) is 6.22. The predicted molar refractivity (Wildman–Crippen MR) is 84.1 cm³/mol. The first-order valence-electron chi connectivity index (χ1n) is 6.06. The molecule has 0 saturated heterocycles. The van der Waals surface area contributed by atoms with Crippen molar-refractivity contribution in [3.05, 3.63) is 27.1 Å². The second-order valence-corrected chi connectivity index (χ2v) is 6.43. The Hall–Kier alpha value is -1.30. The molecule has 0 saturated carbocycles. The lowest BCUT2D eigenvalue weighted by molar-refractivity contribution is -0.141. The van der Waals surface area contributed by atoms with E-state index in [4.69, 9.17) is 33.0 Å². The van der Waals surface area contributed by atoms with E-state index in [1.165, 1.54) is 25.4 Å². The highest BCUT2D eigenvalue weighted by Crippen LogP contribution is 2.42. The summed E-state index contributed by atoms with van der Waals surface area (Å²) in [7, 11) is 1.48. The van der Waals surface area contributed by atoms with Crippen LogP contribution in [0.2, 0.25) is 10.0 Å². The molecule has 0 amide bonds. The van der Waals surface area contributed by atoms with Crippen LogP contribution >= 0.6 is 34.5 Å². The van der Waals surface area contributed by atoms with Crippen molar-refractivity contribution in [1.29, 1.82) is 0 Å². The molecule has 21 heavy (non-hydrogen) atoms. The fourth-order valence-electron chi connectivity index (χ4n) is 1.85. The van der Waals surface area contributed by atoms with E-state index in [1.807, 2.05) is 0 Å². The lowest BCUT2D eigenvalue weighted by Crippen LogP contribution is -2.13. The first kappa shape index (κ1) is 16.1. The van der Waals surface area contributed by atoms with Crippen LogP contribution in [-0.2, 0) is 4.79 Å². The van der Waals surface area contributed by atoms with E-state index in [0.29, 0.717) is 30.8 Å². The number of ether oxygens (including phenoxy) is 1. The topological polar surface area (TPSA) is 63.6 Å². The van der Waals surface area contributed by atoms with Crippen LogP contribution in [0.15, 0.2) is 12.1 Å². The summed E-state index contributed by atoms with van der Waals surface area (Å²) >= 11 is 13.5. The number of benzene rings is 1. The molecular formula is C14H12Cl2O4S. The first-order chi connectivity index (χ1) is 9.85. The second-order valence-electron chi connectivity index (χ2n) is 4.59. The van der Waals surface area contributed by atoms with Gasteiger partial charge in [-0.3, -0.25) is 9.59 Å². The Bertz CT molecular complexity index is 723. The van der Waals surface area contributed by atoms with Crippen molar-refractivity contribution in [2.45, 2.75) is 13.3 Å². The Kier molecular flexibility index (Phi) is 4.76. The van der Waals surface area contributed by atoms with Gasteiger partial charge in [0, 0.05) is 17.9 Å². The van der Waals surface area contributed by atoms with Crippen molar-refractivity contribution in [2.75, 3.05) is 7.11 Å². The zero-order valence-electron chi connectivity index (χ0n) is 11.3. The third kappa shape index (κ3) is 3.15. The maximum absolute atomic E-state index is 12.1. The molecule has 0 aliphatic carbocycles. The maximum Gasteiger partial charge on any atom is 0.306 e. The van der Waals surface area contributed by atoms with Gasteiger partial charge in [-0.1, -0.05) is 30.1 Å². The molecule has 7 heteroatoms. The summed E-state index contributed by atoms with van der Waals surface area (Å²) in [5.41, 5.74) is 0. The summed E-state index contributed by atoms with van der Waals surface area (Å²) in [5.74, 6) is -1.53. The van der Waals surface area contributed by atoms with Gasteiger partial charge >= 0.3 is 5.97 Å². The molecule has 0 aliphatic rings. The minimum atomic E-state index is -0.998. The summed E-state index contributed by atoms with van der Waals surface area (Å²) in [5, 5.41) is 10.4. The molecule has 1 atom stereocenters. The molecule has 2 aromatic rings. The molecule has 0 spiro atoms. The monoisotopic (exact) mass is 346 g/mol. The number of hydrogen-bond donors (Lipinski definition) is 1. The molecule has 112 valence electrons. The molecule has 0 fully saturated rings. The van der Waals surface area contributed by atoms with E-state index in [-0.39, 0.29) is 12.2 Å². The van der Waals surface area contributed by atoms with E-state index in [1.54, 1.807) is 12.1 Å². The smallest absolute Gasteiger partial charge is 0.306 e. The van der Waals surface area contributed by atoms with E-state index in [2.05, 4.69) is 0 Å². The van der Waals surface area contributed by atoms with Crippen molar-refractivity contribution < 1.29 is 19.4 Å². The number of halogens is 2. The van der Waals surface area contributed by atoms with Gasteiger partial charge in [-0.05, 0) is 6.07 Å². The number of methoxy groups -OCH3 is 1. The molecule has 0 bridgehead atoms. The molecule has 1 heterocycles. The predicted octanol–water partition coefficient (Wildman–Crippen LogP) is 4.51. The lowest BCUT2D eigenvalue weighted by Gasteiger charge is -2.04. The molecular weight excluding hydrogens is 335 g/mol. The quantitative estimate of drug-likeness (QED) is 0.809. The van der Waals surface area contributed by atoms with Gasteiger partial charge < -0.3 is 9.84 Å². The number of rotatable bonds is 5. The fraction of sp³-hybridized carbons (Fsp3) is 0.286. The van der Waals surface area contributed by atoms with Crippen LogP contribution in [0.1, 0.15) is 23.0 Å². The van der Waals surface area contributed by atoms with Crippen molar-refractivity contribution in [3.8, 4) is 5.75 Å². The molecule has 1 N–H and O–H groups in total. The van der Waals surface area contributed by atoms with Crippen LogP contribution < -0.4 is 4.74 Å². The fourth-order valence-corrected chi connectivity index (χ4v) is 3.57. The van der Waals surface area contributed by atoms with Crippen LogP contribution in [0.4, 0.5) is 0 Å². The highest BCUT2D eigenvalue weighted by molar-refractivity contribution is 7.21. The maximum atomic E-state index is 12.1. The lowest BCUT2D eigenvalue weighted by atomic mass is 10.0. The number of carbonyl (C=O) groups excluding carboxylic acids is 1. The number of carboxylic acids is 1. The molecule has 0 unspecified atom stereocenters. The Morgan fingerprint density at radius 1 is 1.38 bits per heavy atom. The van der Waals surface area contributed by atoms with Crippen molar-refractivity contribution in [2.24, 2.45) is 5.92 Å². The molecule has 1 aromatic heterocycles. The number of ketones is 1. The number of Topliss-reactive ketones (excluding diaryl/α,β-unsaturated/α-hetero) is 1. The summed E-state index contributed by atoms with van der Waals surface area (Å²) in [4.78, 5) is 23.4. The zero-order valence-corrected chi connectivity index (χ0v) is 13.6. The summed E-state index contributed by atoms with van der Waals surface area (Å²) in [6.07, 6.45) is -0.0610. The Labute approximate surface area is 135 Å². The van der Waals surface area contributed by atoms with Gasteiger partial charge in [-0.25, -0.2) is 0 Å². The van der Waals surface area contributed by atoms with E-state index in [9.17, 15) is 9.59 Å². The van der Waals surface area contributed by atoms with Crippen molar-refractivity contribution in [1.82, 2.24) is 0 Å². The number of aliphatic carboxylic acids is 1. The third-order valence-corrected chi connectivity index (χ3v) is 5.06. The van der Waals surface area contributed by atoms with Gasteiger partial charge in [-0.15, -0.1) is 11.3 Å². The molecule has 2 rings (SSSR count). The van der Waals surface area contributed by atoms with Crippen LogP contribution in [0, 0.1) is 5.92 Å². The molecule has 1 aromatic carbocycles. The van der Waals surface area contributed by atoms with Gasteiger partial charge in [0.05, 0.1) is 27.6 Å². The third-order valence-electron chi connectivity index (χ3n) is 3.07.